The van der Waals surface area contributed by atoms with E-state index in [1.165, 1.54) is 32.1 Å². The fraction of sp³-hybridized carbons (Fsp3) is 0.867. The monoisotopic (exact) mass is 265 g/mol. The van der Waals surface area contributed by atoms with Gasteiger partial charge in [0.2, 0.25) is 5.89 Å². The smallest absolute Gasteiger partial charge is 0.226 e. The van der Waals surface area contributed by atoms with Gasteiger partial charge in [-0.2, -0.15) is 4.98 Å². The highest BCUT2D eigenvalue weighted by Crippen LogP contribution is 2.36. The van der Waals surface area contributed by atoms with Gasteiger partial charge in [0, 0.05) is 12.3 Å². The molecule has 2 N–H and O–H groups in total. The lowest BCUT2D eigenvalue weighted by Gasteiger charge is -2.26. The van der Waals surface area contributed by atoms with Gasteiger partial charge in [0.1, 0.15) is 0 Å². The second-order valence-electron chi connectivity index (χ2n) is 6.06. The molecule has 0 aromatic carbocycles. The summed E-state index contributed by atoms with van der Waals surface area (Å²) in [5.41, 5.74) is 5.62. The van der Waals surface area contributed by atoms with Crippen LogP contribution in [0.3, 0.4) is 0 Å². The molecule has 4 nitrogen and oxygen atoms in total. The van der Waals surface area contributed by atoms with Crippen molar-refractivity contribution in [1.29, 1.82) is 0 Å². The van der Waals surface area contributed by atoms with Crippen LogP contribution in [0.15, 0.2) is 4.52 Å². The summed E-state index contributed by atoms with van der Waals surface area (Å²) in [5.74, 6) is 3.61. The first kappa shape index (κ1) is 14.5. The van der Waals surface area contributed by atoms with Gasteiger partial charge in [0.15, 0.2) is 5.82 Å². The van der Waals surface area contributed by atoms with E-state index in [1.54, 1.807) is 0 Å². The predicted molar refractivity (Wildman–Crippen MR) is 75.8 cm³/mol. The maximum atomic E-state index is 5.62. The van der Waals surface area contributed by atoms with Crippen molar-refractivity contribution in [3.63, 3.8) is 0 Å². The molecule has 4 heteroatoms. The van der Waals surface area contributed by atoms with Crippen LogP contribution in [-0.2, 0) is 6.42 Å². The van der Waals surface area contributed by atoms with Crippen LogP contribution in [0.1, 0.15) is 70.0 Å². The van der Waals surface area contributed by atoms with Crippen LogP contribution in [0.2, 0.25) is 0 Å². The van der Waals surface area contributed by atoms with Crippen molar-refractivity contribution in [2.45, 2.75) is 64.7 Å². The van der Waals surface area contributed by atoms with Crippen molar-refractivity contribution in [3.05, 3.63) is 11.7 Å². The van der Waals surface area contributed by atoms with Gasteiger partial charge in [0.05, 0.1) is 0 Å². The van der Waals surface area contributed by atoms with E-state index in [9.17, 15) is 0 Å². The molecule has 3 atom stereocenters. The second-order valence-corrected chi connectivity index (χ2v) is 6.06. The third kappa shape index (κ3) is 4.03. The lowest BCUT2D eigenvalue weighted by atomic mass is 9.80. The Kier molecular flexibility index (Phi) is 5.37. The number of nitrogens with zero attached hydrogens (tertiary/aromatic N) is 2. The zero-order valence-corrected chi connectivity index (χ0v) is 12.3. The van der Waals surface area contributed by atoms with Crippen LogP contribution in [0.4, 0.5) is 0 Å². The Labute approximate surface area is 116 Å². The molecule has 1 aromatic heterocycles. The van der Waals surface area contributed by atoms with Crippen LogP contribution < -0.4 is 5.73 Å². The molecule has 0 bridgehead atoms. The Morgan fingerprint density at radius 2 is 2.26 bits per heavy atom. The molecule has 3 unspecified atom stereocenters. The number of aromatic nitrogens is 2. The zero-order valence-electron chi connectivity index (χ0n) is 12.3. The number of hydrogen-bond acceptors (Lipinski definition) is 4. The summed E-state index contributed by atoms with van der Waals surface area (Å²) >= 11 is 0. The maximum Gasteiger partial charge on any atom is 0.226 e. The normalized spacial score (nSPS) is 25.4. The fourth-order valence-electron chi connectivity index (χ4n) is 2.92. The summed E-state index contributed by atoms with van der Waals surface area (Å²) in [6, 6.07) is 0. The van der Waals surface area contributed by atoms with Gasteiger partial charge in [-0.25, -0.2) is 0 Å². The molecule has 1 aliphatic carbocycles. The summed E-state index contributed by atoms with van der Waals surface area (Å²) in [5, 5.41) is 4.20. The third-order valence-corrected chi connectivity index (χ3v) is 4.46. The SMILES string of the molecule is CCC1CCCC(c2noc(CCC(C)CN)n2)C1. The molecule has 1 fully saturated rings. The largest absolute Gasteiger partial charge is 0.339 e. The Bertz CT molecular complexity index is 377. The third-order valence-electron chi connectivity index (χ3n) is 4.46. The van der Waals surface area contributed by atoms with Crippen molar-refractivity contribution in [2.75, 3.05) is 6.54 Å². The standard InChI is InChI=1S/C15H27N3O/c1-3-12-5-4-6-13(9-12)15-17-14(19-18-15)8-7-11(2)10-16/h11-13H,3-10,16H2,1-2H3. The van der Waals surface area contributed by atoms with Crippen molar-refractivity contribution >= 4 is 0 Å². The number of nitrogens with two attached hydrogens (primary N) is 1. The van der Waals surface area contributed by atoms with Crippen LogP contribution in [0.5, 0.6) is 0 Å². The van der Waals surface area contributed by atoms with Gasteiger partial charge in [0.25, 0.3) is 0 Å². The van der Waals surface area contributed by atoms with E-state index in [0.29, 0.717) is 11.8 Å². The average Bonchev–Trinajstić information content (AvgIpc) is 2.93. The van der Waals surface area contributed by atoms with E-state index in [4.69, 9.17) is 10.3 Å². The maximum absolute atomic E-state index is 5.62. The number of rotatable bonds is 6. The van der Waals surface area contributed by atoms with E-state index in [2.05, 4.69) is 24.0 Å². The molecule has 19 heavy (non-hydrogen) atoms. The number of aryl methyl sites for hydroxylation is 1. The molecule has 108 valence electrons. The average molecular weight is 265 g/mol. The van der Waals surface area contributed by atoms with E-state index in [-0.39, 0.29) is 0 Å². The van der Waals surface area contributed by atoms with E-state index in [1.807, 2.05) is 0 Å². The van der Waals surface area contributed by atoms with Crippen LogP contribution >= 0.6 is 0 Å². The molecule has 0 amide bonds. The van der Waals surface area contributed by atoms with Crippen molar-refractivity contribution in [3.8, 4) is 0 Å². The summed E-state index contributed by atoms with van der Waals surface area (Å²) in [4.78, 5) is 4.59. The number of hydrogen-bond donors (Lipinski definition) is 1. The van der Waals surface area contributed by atoms with Gasteiger partial charge in [-0.05, 0) is 37.6 Å². The highest BCUT2D eigenvalue weighted by Gasteiger charge is 2.25. The predicted octanol–water partition coefficient (Wildman–Crippen LogP) is 3.28. The summed E-state index contributed by atoms with van der Waals surface area (Å²) < 4.78 is 5.38. The quantitative estimate of drug-likeness (QED) is 0.857. The minimum absolute atomic E-state index is 0.517. The van der Waals surface area contributed by atoms with Crippen molar-refractivity contribution in [1.82, 2.24) is 10.1 Å². The Hall–Kier alpha value is -0.900. The van der Waals surface area contributed by atoms with Gasteiger partial charge >= 0.3 is 0 Å². The Morgan fingerprint density at radius 3 is 3.00 bits per heavy atom. The first-order valence-corrected chi connectivity index (χ1v) is 7.75. The fourth-order valence-corrected chi connectivity index (χ4v) is 2.92. The first-order chi connectivity index (χ1) is 9.22. The van der Waals surface area contributed by atoms with E-state index in [0.717, 1.165) is 37.0 Å². The van der Waals surface area contributed by atoms with Crippen LogP contribution in [-0.4, -0.2) is 16.7 Å². The highest BCUT2D eigenvalue weighted by atomic mass is 16.5. The minimum Gasteiger partial charge on any atom is -0.339 e. The molecule has 1 aromatic rings. The molecule has 0 saturated heterocycles. The molecule has 1 heterocycles. The summed E-state index contributed by atoms with van der Waals surface area (Å²) in [6.45, 7) is 5.16. The van der Waals surface area contributed by atoms with Crippen molar-refractivity contribution < 1.29 is 4.52 Å². The minimum atomic E-state index is 0.517. The van der Waals surface area contributed by atoms with Gasteiger partial charge in [-0.15, -0.1) is 0 Å². The van der Waals surface area contributed by atoms with Crippen LogP contribution in [0, 0.1) is 11.8 Å². The molecule has 0 aliphatic heterocycles. The Balaban J connectivity index is 1.89. The molecular weight excluding hydrogens is 238 g/mol. The van der Waals surface area contributed by atoms with Gasteiger partial charge in [-0.1, -0.05) is 38.3 Å². The first-order valence-electron chi connectivity index (χ1n) is 7.75. The second kappa shape index (κ2) is 7.04. The molecule has 1 saturated carbocycles. The lowest BCUT2D eigenvalue weighted by Crippen LogP contribution is -2.14. The molecule has 0 spiro atoms. The molecule has 2 rings (SSSR count). The molecule has 1 aliphatic rings. The lowest BCUT2D eigenvalue weighted by molar-refractivity contribution is 0.297. The van der Waals surface area contributed by atoms with E-state index < -0.39 is 0 Å². The van der Waals surface area contributed by atoms with Crippen LogP contribution in [0.25, 0.3) is 0 Å². The Morgan fingerprint density at radius 1 is 1.42 bits per heavy atom. The topological polar surface area (TPSA) is 64.9 Å². The highest BCUT2D eigenvalue weighted by molar-refractivity contribution is 4.98. The zero-order chi connectivity index (χ0) is 13.7. The van der Waals surface area contributed by atoms with Gasteiger partial charge < -0.3 is 10.3 Å². The van der Waals surface area contributed by atoms with E-state index >= 15 is 0 Å². The van der Waals surface area contributed by atoms with Crippen molar-refractivity contribution in [2.24, 2.45) is 17.6 Å². The summed E-state index contributed by atoms with van der Waals surface area (Å²) in [7, 11) is 0. The molecular formula is C15H27N3O. The van der Waals surface area contributed by atoms with Gasteiger partial charge in [-0.3, -0.25) is 0 Å². The molecule has 0 radical (unpaired) electrons. The summed E-state index contributed by atoms with van der Waals surface area (Å²) in [6.07, 6.45) is 8.28.